The number of aliphatic imine (C=N–C) groups is 2. The molecule has 0 aromatic carbocycles. The minimum atomic E-state index is -0.226. The molecule has 1 fully saturated rings. The van der Waals surface area contributed by atoms with Crippen LogP contribution >= 0.6 is 0 Å². The minimum Gasteiger partial charge on any atom is -0.478 e. The van der Waals surface area contributed by atoms with Gasteiger partial charge in [-0.2, -0.15) is 0 Å². The fourth-order valence-electron chi connectivity index (χ4n) is 4.01. The van der Waals surface area contributed by atoms with Crippen molar-refractivity contribution in [1.29, 1.82) is 0 Å². The molecule has 1 saturated carbocycles. The molecule has 0 aromatic heterocycles. The second kappa shape index (κ2) is 6.59. The average molecular weight is 349 g/mol. The normalized spacial score (nSPS) is 30.2. The van der Waals surface area contributed by atoms with Gasteiger partial charge < -0.3 is 9.47 Å². The van der Waals surface area contributed by atoms with E-state index in [1.807, 2.05) is 0 Å². The van der Waals surface area contributed by atoms with Crippen LogP contribution in [0.15, 0.2) is 9.98 Å². The molecule has 1 aliphatic carbocycles. The first-order valence-electron chi connectivity index (χ1n) is 10.1. The summed E-state index contributed by atoms with van der Waals surface area (Å²) in [6.07, 6.45) is 7.08. The molecule has 0 saturated heterocycles. The van der Waals surface area contributed by atoms with Crippen LogP contribution in [-0.2, 0) is 9.47 Å². The average Bonchev–Trinajstić information content (AvgIpc) is 3.13. The topological polar surface area (TPSA) is 43.2 Å². The van der Waals surface area contributed by atoms with Crippen LogP contribution in [0.4, 0.5) is 0 Å². The van der Waals surface area contributed by atoms with Crippen molar-refractivity contribution in [1.82, 2.24) is 0 Å². The number of rotatable bonds is 2. The molecule has 0 bridgehead atoms. The second-order valence-electron chi connectivity index (χ2n) is 10.3. The van der Waals surface area contributed by atoms with E-state index in [2.05, 4.69) is 41.5 Å². The van der Waals surface area contributed by atoms with Gasteiger partial charge in [-0.05, 0) is 23.7 Å². The highest BCUT2D eigenvalue weighted by molar-refractivity contribution is 6.06. The highest BCUT2D eigenvalue weighted by atomic mass is 16.5. The molecule has 2 heterocycles. The number of hydrogen-bond donors (Lipinski definition) is 0. The molecule has 0 unspecified atom stereocenters. The van der Waals surface area contributed by atoms with Crippen molar-refractivity contribution in [3.63, 3.8) is 0 Å². The summed E-state index contributed by atoms with van der Waals surface area (Å²) in [5.41, 5.74) is 0.0242. The van der Waals surface area contributed by atoms with E-state index in [0.29, 0.717) is 13.2 Å². The van der Waals surface area contributed by atoms with Crippen molar-refractivity contribution < 1.29 is 9.47 Å². The maximum Gasteiger partial charge on any atom is 0.199 e. The SMILES string of the molecule is CC(C)(C)[C@H]1COC(C2(C3=N[C@@H](C(C)(C)C)CO3)CCCCCC2)=N1. The number of ether oxygens (including phenoxy) is 2. The molecule has 0 amide bonds. The first-order valence-corrected chi connectivity index (χ1v) is 10.1. The Morgan fingerprint density at radius 2 is 1.12 bits per heavy atom. The summed E-state index contributed by atoms with van der Waals surface area (Å²) in [6, 6.07) is 0.450. The molecule has 4 nitrogen and oxygen atoms in total. The molecule has 3 aliphatic rings. The van der Waals surface area contributed by atoms with Crippen molar-refractivity contribution in [3.05, 3.63) is 0 Å². The van der Waals surface area contributed by atoms with E-state index in [0.717, 1.165) is 24.6 Å². The van der Waals surface area contributed by atoms with Gasteiger partial charge in [0.05, 0.1) is 12.1 Å². The van der Waals surface area contributed by atoms with Crippen LogP contribution in [0, 0.1) is 16.2 Å². The lowest BCUT2D eigenvalue weighted by molar-refractivity contribution is 0.202. The fraction of sp³-hybridized carbons (Fsp3) is 0.905. The van der Waals surface area contributed by atoms with Crippen LogP contribution in [0.2, 0.25) is 0 Å². The van der Waals surface area contributed by atoms with E-state index in [4.69, 9.17) is 19.5 Å². The molecule has 0 aromatic rings. The Morgan fingerprint density at radius 1 is 0.720 bits per heavy atom. The maximum atomic E-state index is 6.21. The molecule has 2 atom stereocenters. The van der Waals surface area contributed by atoms with Gasteiger partial charge in [0.2, 0.25) is 0 Å². The van der Waals surface area contributed by atoms with Crippen molar-refractivity contribution in [3.8, 4) is 0 Å². The van der Waals surface area contributed by atoms with Crippen LogP contribution < -0.4 is 0 Å². The van der Waals surface area contributed by atoms with E-state index in [9.17, 15) is 0 Å². The third-order valence-electron chi connectivity index (χ3n) is 6.08. The van der Waals surface area contributed by atoms with E-state index in [1.165, 1.54) is 25.7 Å². The van der Waals surface area contributed by atoms with Crippen LogP contribution in [0.25, 0.3) is 0 Å². The third kappa shape index (κ3) is 3.73. The fourth-order valence-corrected chi connectivity index (χ4v) is 4.01. The molecule has 142 valence electrons. The van der Waals surface area contributed by atoms with Crippen LogP contribution in [-0.4, -0.2) is 37.1 Å². The van der Waals surface area contributed by atoms with E-state index >= 15 is 0 Å². The summed E-state index contributed by atoms with van der Waals surface area (Å²) < 4.78 is 12.4. The second-order valence-corrected chi connectivity index (χ2v) is 10.3. The Balaban J connectivity index is 1.95. The lowest BCUT2D eigenvalue weighted by Crippen LogP contribution is -2.39. The molecule has 2 aliphatic heterocycles. The van der Waals surface area contributed by atoms with Gasteiger partial charge in [-0.15, -0.1) is 0 Å². The van der Waals surface area contributed by atoms with Crippen molar-refractivity contribution in [2.24, 2.45) is 26.2 Å². The standard InChI is InChI=1S/C21H36N2O2/c1-19(2,3)15-13-24-17(22-15)21(11-9-7-8-10-12-21)18-23-16(14-25-18)20(4,5)6/h15-16H,7-14H2,1-6H3/t15-,16-/m1/s1. The predicted octanol–water partition coefficient (Wildman–Crippen LogP) is 5.01. The lowest BCUT2D eigenvalue weighted by atomic mass is 9.79. The van der Waals surface area contributed by atoms with Crippen molar-refractivity contribution in [2.75, 3.05) is 13.2 Å². The molecular formula is C21H36N2O2. The Morgan fingerprint density at radius 3 is 1.44 bits per heavy atom. The number of hydrogen-bond acceptors (Lipinski definition) is 4. The smallest absolute Gasteiger partial charge is 0.199 e. The third-order valence-corrected chi connectivity index (χ3v) is 6.08. The van der Waals surface area contributed by atoms with Gasteiger partial charge in [0.15, 0.2) is 11.8 Å². The molecule has 3 rings (SSSR count). The first-order chi connectivity index (χ1) is 11.6. The lowest BCUT2D eigenvalue weighted by Gasteiger charge is -2.30. The zero-order valence-corrected chi connectivity index (χ0v) is 17.0. The van der Waals surface area contributed by atoms with Gasteiger partial charge in [0.1, 0.15) is 18.6 Å². The van der Waals surface area contributed by atoms with Gasteiger partial charge in [-0.3, -0.25) is 0 Å². The zero-order chi connectivity index (χ0) is 18.3. The highest BCUT2D eigenvalue weighted by Gasteiger charge is 2.50. The van der Waals surface area contributed by atoms with E-state index < -0.39 is 0 Å². The Kier molecular flexibility index (Phi) is 4.93. The van der Waals surface area contributed by atoms with Gasteiger partial charge >= 0.3 is 0 Å². The van der Waals surface area contributed by atoms with Crippen molar-refractivity contribution >= 4 is 11.8 Å². The molecule has 0 N–H and O–H groups in total. The molecule has 0 radical (unpaired) electrons. The number of nitrogens with zero attached hydrogens (tertiary/aromatic N) is 2. The molecular weight excluding hydrogens is 312 g/mol. The van der Waals surface area contributed by atoms with Crippen molar-refractivity contribution in [2.45, 2.75) is 92.2 Å². The minimum absolute atomic E-state index is 0.125. The van der Waals surface area contributed by atoms with Gasteiger partial charge in [0, 0.05) is 0 Å². The Hall–Kier alpha value is -1.06. The Bertz CT molecular complexity index is 501. The predicted molar refractivity (Wildman–Crippen MR) is 103 cm³/mol. The summed E-state index contributed by atoms with van der Waals surface area (Å²) in [7, 11) is 0. The van der Waals surface area contributed by atoms with Gasteiger partial charge in [-0.1, -0.05) is 67.2 Å². The largest absolute Gasteiger partial charge is 0.478 e. The monoisotopic (exact) mass is 348 g/mol. The highest BCUT2D eigenvalue weighted by Crippen LogP contribution is 2.44. The zero-order valence-electron chi connectivity index (χ0n) is 17.0. The maximum absolute atomic E-state index is 6.21. The molecule has 0 spiro atoms. The van der Waals surface area contributed by atoms with Crippen LogP contribution in [0.5, 0.6) is 0 Å². The van der Waals surface area contributed by atoms with Crippen LogP contribution in [0.3, 0.4) is 0 Å². The van der Waals surface area contributed by atoms with Crippen LogP contribution in [0.1, 0.15) is 80.1 Å². The first kappa shape index (κ1) is 18.7. The van der Waals surface area contributed by atoms with E-state index in [-0.39, 0.29) is 28.3 Å². The summed E-state index contributed by atoms with van der Waals surface area (Å²) >= 11 is 0. The molecule has 25 heavy (non-hydrogen) atoms. The van der Waals surface area contributed by atoms with E-state index in [1.54, 1.807) is 0 Å². The van der Waals surface area contributed by atoms with Gasteiger partial charge in [0.25, 0.3) is 0 Å². The quantitative estimate of drug-likeness (QED) is 0.658. The summed E-state index contributed by atoms with van der Waals surface area (Å²) in [4.78, 5) is 10.1. The summed E-state index contributed by atoms with van der Waals surface area (Å²) in [6.45, 7) is 14.8. The molecule has 4 heteroatoms. The summed E-state index contributed by atoms with van der Waals surface area (Å²) in [5, 5.41) is 0. The van der Waals surface area contributed by atoms with Gasteiger partial charge in [-0.25, -0.2) is 9.98 Å². The summed E-state index contributed by atoms with van der Waals surface area (Å²) in [5.74, 6) is 1.81. The Labute approximate surface area is 153 Å².